The lowest BCUT2D eigenvalue weighted by atomic mass is 10.2. The molecule has 1 aromatic carbocycles. The normalized spacial score (nSPS) is 17.6. The van der Waals surface area contributed by atoms with Gasteiger partial charge in [0.05, 0.1) is 21.3 Å². The van der Waals surface area contributed by atoms with E-state index in [2.05, 4.69) is 0 Å². The van der Waals surface area contributed by atoms with E-state index in [1.807, 2.05) is 0 Å². The van der Waals surface area contributed by atoms with Gasteiger partial charge in [-0.3, -0.25) is 0 Å². The molecule has 1 aliphatic heterocycles. The minimum Gasteiger partial charge on any atom is -0.391 e. The molecule has 2 rings (SSSR count). The summed E-state index contributed by atoms with van der Waals surface area (Å²) in [4.78, 5) is -0.0195. The largest absolute Gasteiger partial charge is 0.391 e. The number of hydrogen-bond acceptors (Lipinski definition) is 5. The molecule has 0 saturated heterocycles. The number of rotatable bonds is 2. The molecule has 0 amide bonds. The van der Waals surface area contributed by atoms with Gasteiger partial charge in [-0.25, -0.2) is 16.8 Å². The van der Waals surface area contributed by atoms with Gasteiger partial charge >= 0.3 is 0 Å². The van der Waals surface area contributed by atoms with Crippen LogP contribution in [0.2, 0.25) is 0 Å². The molecule has 0 saturated carbocycles. The average molecular weight is 274 g/mol. The lowest BCUT2D eigenvalue weighted by Crippen LogP contribution is -2.04. The molecule has 1 heterocycles. The minimum atomic E-state index is -3.64. The molecule has 1 aromatic rings. The number of aliphatic hydroxyl groups is 1. The molecule has 0 aliphatic carbocycles. The SMILES string of the molecule is CS(=O)(=O)c1ccc2c(c1)C=C(CO)S2(=O)=O. The van der Waals surface area contributed by atoms with Crippen molar-refractivity contribution in [2.75, 3.05) is 12.9 Å². The second-order valence-corrected chi connectivity index (χ2v) is 7.73. The lowest BCUT2D eigenvalue weighted by Gasteiger charge is -2.02. The molecule has 17 heavy (non-hydrogen) atoms. The first kappa shape index (κ1) is 12.3. The molecular formula is C10H10O5S2. The maximum Gasteiger partial charge on any atom is 0.205 e. The van der Waals surface area contributed by atoms with Crippen molar-refractivity contribution >= 4 is 25.8 Å². The first-order valence-electron chi connectivity index (χ1n) is 4.67. The maximum absolute atomic E-state index is 11.8. The monoisotopic (exact) mass is 274 g/mol. The summed E-state index contributed by atoms with van der Waals surface area (Å²) in [7, 11) is -7.01. The Morgan fingerprint density at radius 1 is 1.29 bits per heavy atom. The first-order valence-corrected chi connectivity index (χ1v) is 8.05. The van der Waals surface area contributed by atoms with E-state index < -0.39 is 26.3 Å². The van der Waals surface area contributed by atoms with Crippen LogP contribution in [0.25, 0.3) is 6.08 Å². The third-order valence-corrected chi connectivity index (χ3v) is 5.51. The van der Waals surface area contributed by atoms with Crippen molar-refractivity contribution in [1.29, 1.82) is 0 Å². The van der Waals surface area contributed by atoms with Crippen LogP contribution in [0, 0.1) is 0 Å². The number of fused-ring (bicyclic) bond motifs is 1. The zero-order valence-electron chi connectivity index (χ0n) is 8.91. The van der Waals surface area contributed by atoms with Crippen molar-refractivity contribution in [2.45, 2.75) is 9.79 Å². The van der Waals surface area contributed by atoms with Gasteiger partial charge in [0.2, 0.25) is 9.84 Å². The van der Waals surface area contributed by atoms with Crippen molar-refractivity contribution in [3.05, 3.63) is 28.7 Å². The van der Waals surface area contributed by atoms with Crippen LogP contribution in [-0.4, -0.2) is 34.8 Å². The molecule has 0 atom stereocenters. The molecule has 92 valence electrons. The van der Waals surface area contributed by atoms with Gasteiger partial charge in [0.25, 0.3) is 0 Å². The summed E-state index contributed by atoms with van der Waals surface area (Å²) in [6, 6.07) is 3.80. The van der Waals surface area contributed by atoms with Gasteiger partial charge in [-0.2, -0.15) is 0 Å². The fourth-order valence-electron chi connectivity index (χ4n) is 1.64. The van der Waals surface area contributed by atoms with E-state index in [0.717, 1.165) is 6.26 Å². The van der Waals surface area contributed by atoms with Crippen LogP contribution >= 0.6 is 0 Å². The molecule has 7 heteroatoms. The molecule has 0 unspecified atom stereocenters. The van der Waals surface area contributed by atoms with Crippen LogP contribution in [0.1, 0.15) is 5.56 Å². The highest BCUT2D eigenvalue weighted by Gasteiger charge is 2.29. The highest BCUT2D eigenvalue weighted by atomic mass is 32.2. The Morgan fingerprint density at radius 3 is 2.47 bits per heavy atom. The van der Waals surface area contributed by atoms with Crippen LogP contribution in [0.4, 0.5) is 0 Å². The van der Waals surface area contributed by atoms with Crippen LogP contribution in [0.3, 0.4) is 0 Å². The Kier molecular flexibility index (Phi) is 2.64. The second-order valence-electron chi connectivity index (χ2n) is 3.74. The van der Waals surface area contributed by atoms with Gasteiger partial charge < -0.3 is 5.11 Å². The number of benzene rings is 1. The minimum absolute atomic E-state index is 0.0361. The van der Waals surface area contributed by atoms with Gasteiger partial charge in [0.15, 0.2) is 9.84 Å². The van der Waals surface area contributed by atoms with Crippen LogP contribution in [0.15, 0.2) is 32.9 Å². The van der Waals surface area contributed by atoms with Gasteiger partial charge in [-0.05, 0) is 29.8 Å². The van der Waals surface area contributed by atoms with E-state index in [1.165, 1.54) is 24.3 Å². The van der Waals surface area contributed by atoms with E-state index in [9.17, 15) is 16.8 Å². The standard InChI is InChI=1S/C10H10O5S2/c1-16(12,13)8-2-3-10-7(4-8)5-9(6-11)17(10,14)15/h2-5,11H,6H2,1H3. The van der Waals surface area contributed by atoms with Gasteiger partial charge in [0, 0.05) is 6.26 Å². The third kappa shape index (κ3) is 1.90. The summed E-state index contributed by atoms with van der Waals surface area (Å²) in [5, 5.41) is 8.94. The highest BCUT2D eigenvalue weighted by Crippen LogP contribution is 2.33. The summed E-state index contributed by atoms with van der Waals surface area (Å²) < 4.78 is 46.2. The fraction of sp³-hybridized carbons (Fsp3) is 0.200. The number of aliphatic hydroxyl groups excluding tert-OH is 1. The Morgan fingerprint density at radius 2 is 1.94 bits per heavy atom. The molecule has 0 radical (unpaired) electrons. The summed E-state index contributed by atoms with van der Waals surface area (Å²) >= 11 is 0. The summed E-state index contributed by atoms with van der Waals surface area (Å²) in [5.74, 6) is 0. The predicted octanol–water partition coefficient (Wildman–Crippen LogP) is 0.211. The summed E-state index contributed by atoms with van der Waals surface area (Å²) in [5.41, 5.74) is 0.303. The zero-order chi connectivity index (χ0) is 12.8. The Labute approximate surface area is 99.2 Å². The molecule has 0 fully saturated rings. The van der Waals surface area contributed by atoms with E-state index in [0.29, 0.717) is 5.56 Å². The third-order valence-electron chi connectivity index (χ3n) is 2.52. The van der Waals surface area contributed by atoms with E-state index in [1.54, 1.807) is 0 Å². The van der Waals surface area contributed by atoms with E-state index in [-0.39, 0.29) is 14.7 Å². The van der Waals surface area contributed by atoms with Crippen LogP contribution < -0.4 is 0 Å². The fourth-order valence-corrected chi connectivity index (χ4v) is 3.70. The van der Waals surface area contributed by atoms with Gasteiger partial charge in [0.1, 0.15) is 0 Å². The molecule has 1 N–H and O–H groups in total. The quantitative estimate of drug-likeness (QED) is 0.833. The first-order chi connectivity index (χ1) is 7.76. The topological polar surface area (TPSA) is 88.5 Å². The predicted molar refractivity (Wildman–Crippen MR) is 61.8 cm³/mol. The highest BCUT2D eigenvalue weighted by molar-refractivity contribution is 7.96. The van der Waals surface area contributed by atoms with Crippen molar-refractivity contribution in [3.8, 4) is 0 Å². The Hall–Kier alpha value is -1.18. The molecule has 0 bridgehead atoms. The van der Waals surface area contributed by atoms with Crippen molar-refractivity contribution in [1.82, 2.24) is 0 Å². The van der Waals surface area contributed by atoms with E-state index >= 15 is 0 Å². The average Bonchev–Trinajstić information content (AvgIpc) is 2.48. The van der Waals surface area contributed by atoms with Crippen molar-refractivity contribution < 1.29 is 21.9 Å². The number of sulfone groups is 2. The molecule has 1 aliphatic rings. The molecule has 0 spiro atoms. The Bertz CT molecular complexity index is 711. The lowest BCUT2D eigenvalue weighted by molar-refractivity contribution is 0.339. The second kappa shape index (κ2) is 3.66. The molecule has 0 aromatic heterocycles. The maximum atomic E-state index is 11.8. The van der Waals surface area contributed by atoms with Gasteiger partial charge in [-0.15, -0.1) is 0 Å². The molecular weight excluding hydrogens is 264 g/mol. The summed E-state index contributed by atoms with van der Waals surface area (Å²) in [6.45, 7) is -0.592. The number of hydrogen-bond donors (Lipinski definition) is 1. The van der Waals surface area contributed by atoms with Crippen molar-refractivity contribution in [2.24, 2.45) is 0 Å². The van der Waals surface area contributed by atoms with Crippen LogP contribution in [-0.2, 0) is 19.7 Å². The zero-order valence-corrected chi connectivity index (χ0v) is 10.5. The van der Waals surface area contributed by atoms with Crippen LogP contribution in [0.5, 0.6) is 0 Å². The van der Waals surface area contributed by atoms with Gasteiger partial charge in [-0.1, -0.05) is 0 Å². The van der Waals surface area contributed by atoms with E-state index in [4.69, 9.17) is 5.11 Å². The van der Waals surface area contributed by atoms with Crippen molar-refractivity contribution in [3.63, 3.8) is 0 Å². The molecule has 5 nitrogen and oxygen atoms in total. The summed E-state index contributed by atoms with van der Waals surface area (Å²) in [6.07, 6.45) is 2.34. The Balaban J connectivity index is 2.71. The smallest absolute Gasteiger partial charge is 0.205 e.